The zero-order chi connectivity index (χ0) is 12.5. The zero-order valence-electron chi connectivity index (χ0n) is 10.4. The van der Waals surface area contributed by atoms with E-state index in [0.29, 0.717) is 18.1 Å². The molecule has 0 aliphatic rings. The number of aryl methyl sites for hydroxylation is 2. The minimum absolute atomic E-state index is 0.0616. The highest BCUT2D eigenvalue weighted by Gasteiger charge is 2.24. The van der Waals surface area contributed by atoms with E-state index in [-0.39, 0.29) is 11.1 Å². The topological polar surface area (TPSA) is 73.0 Å². The van der Waals surface area contributed by atoms with Gasteiger partial charge in [0.05, 0.1) is 4.92 Å². The van der Waals surface area contributed by atoms with Crippen LogP contribution in [0.3, 0.4) is 0 Å². The molecule has 0 aliphatic carbocycles. The van der Waals surface area contributed by atoms with Gasteiger partial charge in [0.25, 0.3) is 0 Å². The summed E-state index contributed by atoms with van der Waals surface area (Å²) in [6, 6.07) is 0. The quantitative estimate of drug-likeness (QED) is 0.632. The van der Waals surface area contributed by atoms with Gasteiger partial charge in [0.2, 0.25) is 5.82 Å². The first-order valence-corrected chi connectivity index (χ1v) is 5.14. The van der Waals surface area contributed by atoms with Gasteiger partial charge in [0.15, 0.2) is 0 Å². The second kappa shape index (κ2) is 4.11. The third-order valence-electron chi connectivity index (χ3n) is 2.16. The molecule has 90 valence electrons. The van der Waals surface area contributed by atoms with Crippen LogP contribution >= 0.6 is 0 Å². The molecule has 0 radical (unpaired) electrons. The van der Waals surface area contributed by atoms with Gasteiger partial charge in [-0.2, -0.15) is 5.10 Å². The van der Waals surface area contributed by atoms with E-state index in [1.807, 2.05) is 0 Å². The summed E-state index contributed by atoms with van der Waals surface area (Å²) in [5, 5.41) is 18.0. The van der Waals surface area contributed by atoms with Crippen molar-refractivity contribution in [2.75, 3.05) is 11.9 Å². The number of rotatable bonds is 3. The molecule has 0 aliphatic heterocycles. The second-order valence-electron chi connectivity index (χ2n) is 5.08. The van der Waals surface area contributed by atoms with Crippen molar-refractivity contribution in [2.45, 2.75) is 27.7 Å². The van der Waals surface area contributed by atoms with Crippen molar-refractivity contribution in [1.82, 2.24) is 9.78 Å². The molecule has 0 bridgehead atoms. The van der Waals surface area contributed by atoms with Crippen LogP contribution in [0, 0.1) is 22.5 Å². The minimum Gasteiger partial charge on any atom is -0.364 e. The average molecular weight is 226 g/mol. The van der Waals surface area contributed by atoms with E-state index in [2.05, 4.69) is 31.2 Å². The first-order chi connectivity index (χ1) is 7.22. The summed E-state index contributed by atoms with van der Waals surface area (Å²) in [7, 11) is 1.70. The van der Waals surface area contributed by atoms with Crippen molar-refractivity contribution in [2.24, 2.45) is 12.5 Å². The fraction of sp³-hybridized carbons (Fsp3) is 0.700. The maximum atomic E-state index is 10.9. The molecule has 1 rings (SSSR count). The van der Waals surface area contributed by atoms with E-state index in [4.69, 9.17) is 0 Å². The summed E-state index contributed by atoms with van der Waals surface area (Å²) in [5.74, 6) is 0.470. The lowest BCUT2D eigenvalue weighted by Crippen LogP contribution is -2.20. The predicted octanol–water partition coefficient (Wildman–Crippen LogP) is 2.09. The Bertz CT molecular complexity index is 404. The Kier molecular flexibility index (Phi) is 3.21. The van der Waals surface area contributed by atoms with Crippen LogP contribution in [0.15, 0.2) is 0 Å². The normalized spacial score (nSPS) is 11.6. The van der Waals surface area contributed by atoms with Crippen LogP contribution in [-0.4, -0.2) is 21.2 Å². The lowest BCUT2D eigenvalue weighted by Gasteiger charge is -2.19. The maximum absolute atomic E-state index is 10.9. The van der Waals surface area contributed by atoms with Crippen molar-refractivity contribution < 1.29 is 4.92 Å². The smallest absolute Gasteiger partial charge is 0.333 e. The number of nitro groups is 1. The molecule has 1 aromatic heterocycles. The largest absolute Gasteiger partial charge is 0.364 e. The van der Waals surface area contributed by atoms with E-state index in [9.17, 15) is 10.1 Å². The van der Waals surface area contributed by atoms with Gasteiger partial charge in [-0.05, 0) is 12.3 Å². The molecule has 0 saturated carbocycles. The van der Waals surface area contributed by atoms with Gasteiger partial charge < -0.3 is 5.32 Å². The number of nitrogens with one attached hydrogen (secondary N) is 1. The van der Waals surface area contributed by atoms with E-state index < -0.39 is 4.92 Å². The lowest BCUT2D eigenvalue weighted by molar-refractivity contribution is -0.384. The Morgan fingerprint density at radius 3 is 2.50 bits per heavy atom. The Hall–Kier alpha value is -1.59. The van der Waals surface area contributed by atoms with Crippen molar-refractivity contribution in [3.8, 4) is 0 Å². The number of aromatic nitrogens is 2. The van der Waals surface area contributed by atoms with Crippen LogP contribution in [-0.2, 0) is 7.05 Å². The predicted molar refractivity (Wildman–Crippen MR) is 62.5 cm³/mol. The van der Waals surface area contributed by atoms with Gasteiger partial charge >= 0.3 is 5.69 Å². The molecular formula is C10H18N4O2. The molecule has 0 unspecified atom stereocenters. The first-order valence-electron chi connectivity index (χ1n) is 5.14. The Morgan fingerprint density at radius 2 is 2.06 bits per heavy atom. The van der Waals surface area contributed by atoms with E-state index >= 15 is 0 Å². The molecule has 0 spiro atoms. The van der Waals surface area contributed by atoms with Crippen LogP contribution in [0.5, 0.6) is 0 Å². The van der Waals surface area contributed by atoms with Crippen molar-refractivity contribution >= 4 is 11.5 Å². The Morgan fingerprint density at radius 1 is 1.50 bits per heavy atom. The third-order valence-corrected chi connectivity index (χ3v) is 2.16. The van der Waals surface area contributed by atoms with Crippen LogP contribution in [0.25, 0.3) is 0 Å². The highest BCUT2D eigenvalue weighted by molar-refractivity contribution is 5.59. The van der Waals surface area contributed by atoms with Crippen molar-refractivity contribution in [1.29, 1.82) is 0 Å². The molecule has 1 N–H and O–H groups in total. The zero-order valence-corrected chi connectivity index (χ0v) is 10.4. The Labute approximate surface area is 94.8 Å². The van der Waals surface area contributed by atoms with Crippen LogP contribution in [0.4, 0.5) is 11.5 Å². The highest BCUT2D eigenvalue weighted by Crippen LogP contribution is 2.28. The van der Waals surface area contributed by atoms with Crippen molar-refractivity contribution in [3.63, 3.8) is 0 Å². The molecule has 0 fully saturated rings. The number of hydrogen-bond acceptors (Lipinski definition) is 4. The van der Waals surface area contributed by atoms with E-state index in [1.165, 1.54) is 4.68 Å². The molecule has 0 saturated heterocycles. The maximum Gasteiger partial charge on any atom is 0.333 e. The standard InChI is InChI=1S/C10H18N4O2/c1-7-8(14(15)16)9(13(5)12-7)11-6-10(2,3)4/h11H,6H2,1-5H3. The van der Waals surface area contributed by atoms with Gasteiger partial charge in [-0.15, -0.1) is 0 Å². The van der Waals surface area contributed by atoms with Gasteiger partial charge in [0, 0.05) is 13.6 Å². The Balaban J connectivity index is 2.99. The molecule has 6 nitrogen and oxygen atoms in total. The van der Waals surface area contributed by atoms with Crippen LogP contribution < -0.4 is 5.32 Å². The average Bonchev–Trinajstić information content (AvgIpc) is 2.35. The SMILES string of the molecule is Cc1nn(C)c(NCC(C)(C)C)c1[N+](=O)[O-]. The number of anilines is 1. The molecule has 1 aromatic rings. The lowest BCUT2D eigenvalue weighted by atomic mass is 9.97. The third kappa shape index (κ3) is 2.71. The summed E-state index contributed by atoms with van der Waals surface area (Å²) in [5.41, 5.74) is 0.558. The first kappa shape index (κ1) is 12.5. The fourth-order valence-corrected chi connectivity index (χ4v) is 1.41. The van der Waals surface area contributed by atoms with Gasteiger partial charge in [-0.25, -0.2) is 4.68 Å². The van der Waals surface area contributed by atoms with Crippen molar-refractivity contribution in [3.05, 3.63) is 15.8 Å². The molecule has 0 atom stereocenters. The van der Waals surface area contributed by atoms with Gasteiger partial charge in [0.1, 0.15) is 5.69 Å². The summed E-state index contributed by atoms with van der Waals surface area (Å²) < 4.78 is 1.51. The fourth-order valence-electron chi connectivity index (χ4n) is 1.41. The molecular weight excluding hydrogens is 208 g/mol. The summed E-state index contributed by atoms with van der Waals surface area (Å²) in [4.78, 5) is 10.5. The summed E-state index contributed by atoms with van der Waals surface area (Å²) in [6.07, 6.45) is 0. The monoisotopic (exact) mass is 226 g/mol. The van der Waals surface area contributed by atoms with Crippen LogP contribution in [0.1, 0.15) is 26.5 Å². The summed E-state index contributed by atoms with van der Waals surface area (Å²) in [6.45, 7) is 8.49. The van der Waals surface area contributed by atoms with Gasteiger partial charge in [-0.1, -0.05) is 20.8 Å². The van der Waals surface area contributed by atoms with Crippen LogP contribution in [0.2, 0.25) is 0 Å². The number of nitrogens with zero attached hydrogens (tertiary/aromatic N) is 3. The highest BCUT2D eigenvalue weighted by atomic mass is 16.6. The molecule has 0 aromatic carbocycles. The molecule has 6 heteroatoms. The second-order valence-corrected chi connectivity index (χ2v) is 5.08. The molecule has 1 heterocycles. The number of hydrogen-bond donors (Lipinski definition) is 1. The minimum atomic E-state index is -0.396. The summed E-state index contributed by atoms with van der Waals surface area (Å²) >= 11 is 0. The molecule has 0 amide bonds. The van der Waals surface area contributed by atoms with E-state index in [0.717, 1.165) is 0 Å². The van der Waals surface area contributed by atoms with E-state index in [1.54, 1.807) is 14.0 Å². The van der Waals surface area contributed by atoms with Gasteiger partial charge in [-0.3, -0.25) is 10.1 Å². The molecule has 16 heavy (non-hydrogen) atoms.